The fourth-order valence-corrected chi connectivity index (χ4v) is 6.57. The third kappa shape index (κ3) is 4.36. The van der Waals surface area contributed by atoms with Crippen LogP contribution in [-0.2, 0) is 13.8 Å². The van der Waals surface area contributed by atoms with E-state index in [1.54, 1.807) is 35.0 Å². The van der Waals surface area contributed by atoms with Gasteiger partial charge < -0.3 is 38.8 Å². The molecule has 2 fully saturated rings. The molecule has 0 radical (unpaired) electrons. The summed E-state index contributed by atoms with van der Waals surface area (Å²) in [7, 11) is -3.76. The second-order valence-electron chi connectivity index (χ2n) is 9.29. The average molecular weight is 581 g/mol. The maximum atomic E-state index is 13.6. The molecule has 3 aromatic heterocycles. The first kappa shape index (κ1) is 25.8. The highest BCUT2D eigenvalue weighted by Crippen LogP contribution is 2.47. The summed E-state index contributed by atoms with van der Waals surface area (Å²) in [5.41, 5.74) is 1.71. The molecule has 2 aromatic carbocycles. The Kier molecular flexibility index (Phi) is 6.50. The number of aliphatic hydroxyl groups is 1. The van der Waals surface area contributed by atoms with Gasteiger partial charge in [-0.1, -0.05) is 54.2 Å². The molecule has 7 rings (SSSR count). The molecule has 2 aliphatic heterocycles. The smallest absolute Gasteiger partial charge is 0.423 e. The predicted molar refractivity (Wildman–Crippen MR) is 145 cm³/mol. The summed E-state index contributed by atoms with van der Waals surface area (Å²) in [4.78, 5) is 36.7. The number of imidazole rings is 2. The lowest BCUT2D eigenvalue weighted by Crippen LogP contribution is -2.38. The van der Waals surface area contributed by atoms with Crippen LogP contribution in [0, 0.1) is 0 Å². The van der Waals surface area contributed by atoms with E-state index < -0.39 is 45.8 Å². The predicted octanol–water partition coefficient (Wildman–Crippen LogP) is 0.763. The van der Waals surface area contributed by atoms with E-state index in [1.165, 1.54) is 16.2 Å². The molecular weight excluding hydrogens is 560 g/mol. The van der Waals surface area contributed by atoms with E-state index in [9.17, 15) is 24.8 Å². The number of nitrogens with zero attached hydrogens (tertiary/aromatic N) is 4. The Morgan fingerprint density at radius 2 is 1.88 bits per heavy atom. The van der Waals surface area contributed by atoms with Crippen LogP contribution < -0.4 is 11.0 Å². The van der Waals surface area contributed by atoms with Crippen molar-refractivity contribution in [3.05, 3.63) is 71.1 Å². The molecule has 0 aliphatic carbocycles. The van der Waals surface area contributed by atoms with Gasteiger partial charge in [-0.25, -0.2) is 9.38 Å². The van der Waals surface area contributed by atoms with E-state index in [1.807, 2.05) is 30.3 Å². The van der Waals surface area contributed by atoms with E-state index in [0.29, 0.717) is 21.2 Å². The SMILES string of the molecule is O=c1c2nc(Sc3ccc(B(O)O)cc3)n(C3OC4COP(O)OC4C3O)c2nc2[nH]c(-c3ccccc3)cn12. The summed E-state index contributed by atoms with van der Waals surface area (Å²) in [6.07, 6.45) is -2.13. The lowest BCUT2D eigenvalue weighted by Gasteiger charge is -2.27. The third-order valence-corrected chi connectivity index (χ3v) is 8.59. The largest absolute Gasteiger partial charge is 0.488 e. The number of aromatic nitrogens is 5. The minimum atomic E-state index is -2.15. The quantitative estimate of drug-likeness (QED) is 0.146. The highest BCUT2D eigenvalue weighted by Gasteiger charge is 2.50. The van der Waals surface area contributed by atoms with Crippen molar-refractivity contribution >= 4 is 49.9 Å². The molecule has 5 atom stereocenters. The number of rotatable bonds is 5. The first-order valence-electron chi connectivity index (χ1n) is 12.2. The van der Waals surface area contributed by atoms with Gasteiger partial charge in [-0.2, -0.15) is 4.98 Å². The van der Waals surface area contributed by atoms with Crippen LogP contribution in [0.5, 0.6) is 0 Å². The second-order valence-corrected chi connectivity index (χ2v) is 11.3. The molecular formula is C24H21BN5O8PS. The van der Waals surface area contributed by atoms with Gasteiger partial charge >= 0.3 is 15.7 Å². The number of nitrogens with one attached hydrogen (secondary N) is 1. The number of hydrogen-bond acceptors (Lipinski definition) is 11. The summed E-state index contributed by atoms with van der Waals surface area (Å²) >= 11 is 1.18. The third-order valence-electron chi connectivity index (χ3n) is 6.82. The average Bonchev–Trinajstić information content (AvgIpc) is 3.64. The summed E-state index contributed by atoms with van der Waals surface area (Å²) in [5.74, 6) is 0.277. The van der Waals surface area contributed by atoms with Crippen molar-refractivity contribution in [3.8, 4) is 11.3 Å². The van der Waals surface area contributed by atoms with E-state index in [-0.39, 0.29) is 23.5 Å². The highest BCUT2D eigenvalue weighted by molar-refractivity contribution is 7.99. The molecule has 5 aromatic rings. The molecule has 2 saturated heterocycles. The fourth-order valence-electron chi connectivity index (χ4n) is 4.86. The van der Waals surface area contributed by atoms with Crippen LogP contribution in [0.15, 0.2) is 75.6 Å². The van der Waals surface area contributed by atoms with E-state index >= 15 is 0 Å². The Morgan fingerprint density at radius 3 is 2.62 bits per heavy atom. The molecule has 5 N–H and O–H groups in total. The molecule has 0 amide bonds. The molecule has 204 valence electrons. The zero-order valence-electron chi connectivity index (χ0n) is 20.4. The van der Waals surface area contributed by atoms with Crippen molar-refractivity contribution in [2.24, 2.45) is 0 Å². The normalized spacial score (nSPS) is 24.6. The lowest BCUT2D eigenvalue weighted by molar-refractivity contribution is -0.0614. The van der Waals surface area contributed by atoms with Crippen molar-refractivity contribution < 1.29 is 33.8 Å². The highest BCUT2D eigenvalue weighted by atomic mass is 32.2. The Morgan fingerprint density at radius 1 is 1.10 bits per heavy atom. The molecule has 5 heterocycles. The van der Waals surface area contributed by atoms with Gasteiger partial charge in [0.2, 0.25) is 5.78 Å². The molecule has 5 unspecified atom stereocenters. The Hall–Kier alpha value is -3.11. The minimum Gasteiger partial charge on any atom is -0.423 e. The Labute approximate surface area is 231 Å². The zero-order valence-corrected chi connectivity index (χ0v) is 22.1. The second kappa shape index (κ2) is 10.1. The number of ether oxygens (including phenoxy) is 1. The summed E-state index contributed by atoms with van der Waals surface area (Å²) in [6, 6.07) is 16.0. The first-order chi connectivity index (χ1) is 19.4. The molecule has 2 aliphatic rings. The Balaban J connectivity index is 1.37. The van der Waals surface area contributed by atoms with Crippen LogP contribution in [0.3, 0.4) is 0 Å². The maximum Gasteiger partial charge on any atom is 0.488 e. The van der Waals surface area contributed by atoms with Crippen molar-refractivity contribution in [1.29, 1.82) is 0 Å². The number of hydrogen-bond donors (Lipinski definition) is 5. The topological polar surface area (TPSA) is 177 Å². The number of aromatic amines is 1. The van der Waals surface area contributed by atoms with Gasteiger partial charge in [0, 0.05) is 11.1 Å². The van der Waals surface area contributed by atoms with E-state index in [2.05, 4.69) is 9.97 Å². The molecule has 0 spiro atoms. The molecule has 0 saturated carbocycles. The molecule has 13 nitrogen and oxygen atoms in total. The standard InChI is InChI=1S/C24H21BN5O8PS/c31-18-19-16(11-36-39(35)38-19)37-22(18)30-20-17(27-24(30)40-14-8-6-13(7-9-14)25(33)34)21(32)29-10-15(26-23(29)28-20)12-4-2-1-3-5-12/h1-10,16,18-19,22,31,33-35H,11H2,(H,26,28). The number of H-pyrrole nitrogens is 1. The number of benzene rings is 2. The minimum absolute atomic E-state index is 0.0257. The van der Waals surface area contributed by atoms with E-state index in [4.69, 9.17) is 18.8 Å². The van der Waals surface area contributed by atoms with Gasteiger partial charge in [0.25, 0.3) is 5.56 Å². The molecule has 16 heteroatoms. The van der Waals surface area contributed by atoms with Gasteiger partial charge in [-0.05, 0) is 23.2 Å². The number of aliphatic hydroxyl groups excluding tert-OH is 1. The van der Waals surface area contributed by atoms with Crippen LogP contribution in [0.2, 0.25) is 0 Å². The van der Waals surface area contributed by atoms with E-state index in [0.717, 1.165) is 5.56 Å². The first-order valence-corrected chi connectivity index (χ1v) is 14.2. The summed E-state index contributed by atoms with van der Waals surface area (Å²) in [6.45, 7) is 0.0257. The van der Waals surface area contributed by atoms with Crippen LogP contribution in [0.4, 0.5) is 0 Å². The van der Waals surface area contributed by atoms with Gasteiger partial charge in [0.15, 0.2) is 22.5 Å². The van der Waals surface area contributed by atoms with Gasteiger partial charge in [-0.15, -0.1) is 0 Å². The maximum absolute atomic E-state index is 13.6. The van der Waals surface area contributed by atoms with Crippen molar-refractivity contribution in [3.63, 3.8) is 0 Å². The van der Waals surface area contributed by atoms with Gasteiger partial charge in [-0.3, -0.25) is 9.36 Å². The van der Waals surface area contributed by atoms with Crippen LogP contribution in [0.1, 0.15) is 6.23 Å². The van der Waals surface area contributed by atoms with Gasteiger partial charge in [0.1, 0.15) is 18.3 Å². The number of fused-ring (bicyclic) bond motifs is 3. The van der Waals surface area contributed by atoms with Crippen LogP contribution >= 0.6 is 20.4 Å². The Bertz CT molecular complexity index is 1760. The van der Waals surface area contributed by atoms with Crippen molar-refractivity contribution in [2.45, 2.75) is 34.6 Å². The monoisotopic (exact) mass is 581 g/mol. The van der Waals surface area contributed by atoms with Crippen molar-refractivity contribution in [1.82, 2.24) is 23.9 Å². The molecule has 40 heavy (non-hydrogen) atoms. The van der Waals surface area contributed by atoms with Crippen LogP contribution in [-0.4, -0.2) is 76.0 Å². The fraction of sp³-hybridized carbons (Fsp3) is 0.208. The lowest BCUT2D eigenvalue weighted by atomic mass is 9.81. The zero-order chi connectivity index (χ0) is 27.5. The molecule has 0 bridgehead atoms. The van der Waals surface area contributed by atoms with Crippen LogP contribution in [0.25, 0.3) is 28.2 Å². The summed E-state index contributed by atoms with van der Waals surface area (Å²) < 4.78 is 19.7. The summed E-state index contributed by atoms with van der Waals surface area (Å²) in [5, 5.41) is 30.4. The van der Waals surface area contributed by atoms with Gasteiger partial charge in [0.05, 0.1) is 12.3 Å². The van der Waals surface area contributed by atoms with Crippen molar-refractivity contribution in [2.75, 3.05) is 6.61 Å².